The SMILES string of the molecule is CNCCNC(=O)C(C)Oc1ccc(C(C)C)c(C)c1.Cl. The van der Waals surface area contributed by atoms with Gasteiger partial charge in [0.1, 0.15) is 5.75 Å². The van der Waals surface area contributed by atoms with E-state index < -0.39 is 6.10 Å². The Balaban J connectivity index is 0.00000400. The van der Waals surface area contributed by atoms with Gasteiger partial charge in [0.2, 0.25) is 0 Å². The van der Waals surface area contributed by atoms with Crippen molar-refractivity contribution >= 4 is 18.3 Å². The molecule has 0 bridgehead atoms. The number of amides is 1. The fourth-order valence-corrected chi connectivity index (χ4v) is 2.08. The lowest BCUT2D eigenvalue weighted by atomic mass is 9.98. The van der Waals surface area contributed by atoms with E-state index in [0.29, 0.717) is 12.5 Å². The van der Waals surface area contributed by atoms with Gasteiger partial charge in [0, 0.05) is 13.1 Å². The molecule has 1 aromatic rings. The molecule has 0 saturated heterocycles. The van der Waals surface area contributed by atoms with E-state index in [1.54, 1.807) is 6.92 Å². The maximum Gasteiger partial charge on any atom is 0.260 e. The Morgan fingerprint density at radius 2 is 1.90 bits per heavy atom. The smallest absolute Gasteiger partial charge is 0.260 e. The standard InChI is InChI=1S/C16H26N2O2.ClH/c1-11(2)15-7-6-14(10-12(15)3)20-13(4)16(19)18-9-8-17-5;/h6-7,10-11,13,17H,8-9H2,1-5H3,(H,18,19);1H. The van der Waals surface area contributed by atoms with Crippen LogP contribution in [-0.4, -0.2) is 32.1 Å². The third-order valence-electron chi connectivity index (χ3n) is 3.22. The predicted molar refractivity (Wildman–Crippen MR) is 89.5 cm³/mol. The van der Waals surface area contributed by atoms with Crippen LogP contribution >= 0.6 is 12.4 Å². The molecule has 0 aliphatic carbocycles. The van der Waals surface area contributed by atoms with Crippen molar-refractivity contribution in [1.29, 1.82) is 0 Å². The molecule has 4 nitrogen and oxygen atoms in total. The number of likely N-dealkylation sites (N-methyl/N-ethyl adjacent to an activating group) is 1. The predicted octanol–water partition coefficient (Wildman–Crippen LogP) is 2.64. The maximum absolute atomic E-state index is 11.8. The number of ether oxygens (including phenoxy) is 1. The first-order valence-electron chi connectivity index (χ1n) is 7.15. The van der Waals surface area contributed by atoms with Crippen molar-refractivity contribution in [1.82, 2.24) is 10.6 Å². The molecule has 0 fully saturated rings. The Hall–Kier alpha value is -1.26. The van der Waals surface area contributed by atoms with E-state index in [4.69, 9.17) is 4.74 Å². The van der Waals surface area contributed by atoms with Gasteiger partial charge in [-0.2, -0.15) is 0 Å². The van der Waals surface area contributed by atoms with Crippen LogP contribution in [0.3, 0.4) is 0 Å². The minimum Gasteiger partial charge on any atom is -0.481 e. The van der Waals surface area contributed by atoms with Crippen LogP contribution in [0.4, 0.5) is 0 Å². The van der Waals surface area contributed by atoms with E-state index in [0.717, 1.165) is 12.3 Å². The summed E-state index contributed by atoms with van der Waals surface area (Å²) < 4.78 is 5.69. The zero-order valence-electron chi connectivity index (χ0n) is 13.5. The number of carbonyl (C=O) groups excluding carboxylic acids is 1. The van der Waals surface area contributed by atoms with E-state index in [-0.39, 0.29) is 18.3 Å². The van der Waals surface area contributed by atoms with E-state index in [2.05, 4.69) is 37.5 Å². The lowest BCUT2D eigenvalue weighted by Gasteiger charge is -2.17. The highest BCUT2D eigenvalue weighted by atomic mass is 35.5. The quantitative estimate of drug-likeness (QED) is 0.761. The molecule has 21 heavy (non-hydrogen) atoms. The van der Waals surface area contributed by atoms with Crippen LogP contribution in [0.25, 0.3) is 0 Å². The molecule has 0 aliphatic heterocycles. The molecule has 0 aliphatic rings. The second-order valence-corrected chi connectivity index (χ2v) is 5.33. The second kappa shape index (κ2) is 9.64. The summed E-state index contributed by atoms with van der Waals surface area (Å²) in [6, 6.07) is 5.99. The third kappa shape index (κ3) is 6.36. The lowest BCUT2D eigenvalue weighted by molar-refractivity contribution is -0.127. The number of rotatable bonds is 7. The number of benzene rings is 1. The topological polar surface area (TPSA) is 50.4 Å². The zero-order valence-corrected chi connectivity index (χ0v) is 14.3. The molecule has 0 heterocycles. The average molecular weight is 315 g/mol. The normalized spacial score (nSPS) is 11.7. The van der Waals surface area contributed by atoms with Crippen molar-refractivity contribution in [3.8, 4) is 5.75 Å². The Labute approximate surface area is 134 Å². The molecule has 2 N–H and O–H groups in total. The largest absolute Gasteiger partial charge is 0.481 e. The van der Waals surface area contributed by atoms with Crippen LogP contribution < -0.4 is 15.4 Å². The van der Waals surface area contributed by atoms with E-state index in [1.165, 1.54) is 11.1 Å². The number of hydrogen-bond acceptors (Lipinski definition) is 3. The molecular weight excluding hydrogens is 288 g/mol. The first-order valence-corrected chi connectivity index (χ1v) is 7.15. The zero-order chi connectivity index (χ0) is 15.1. The fourth-order valence-electron chi connectivity index (χ4n) is 2.08. The Kier molecular flexibility index (Phi) is 9.06. The molecule has 0 saturated carbocycles. The summed E-state index contributed by atoms with van der Waals surface area (Å²) in [6.07, 6.45) is -0.490. The summed E-state index contributed by atoms with van der Waals surface area (Å²) in [5.41, 5.74) is 2.50. The van der Waals surface area contributed by atoms with Gasteiger partial charge >= 0.3 is 0 Å². The monoisotopic (exact) mass is 314 g/mol. The number of hydrogen-bond donors (Lipinski definition) is 2. The average Bonchev–Trinajstić information content (AvgIpc) is 2.38. The maximum atomic E-state index is 11.8. The minimum atomic E-state index is -0.490. The van der Waals surface area contributed by atoms with E-state index in [9.17, 15) is 4.79 Å². The van der Waals surface area contributed by atoms with Crippen LogP contribution in [0.15, 0.2) is 18.2 Å². The van der Waals surface area contributed by atoms with Crippen molar-refractivity contribution in [2.24, 2.45) is 0 Å². The van der Waals surface area contributed by atoms with Crippen molar-refractivity contribution in [2.75, 3.05) is 20.1 Å². The second-order valence-electron chi connectivity index (χ2n) is 5.33. The number of carbonyl (C=O) groups is 1. The van der Waals surface area contributed by atoms with Gasteiger partial charge in [-0.1, -0.05) is 19.9 Å². The Morgan fingerprint density at radius 1 is 1.24 bits per heavy atom. The van der Waals surface area contributed by atoms with Crippen LogP contribution in [0.1, 0.15) is 37.8 Å². The molecule has 1 aromatic carbocycles. The number of aryl methyl sites for hydroxylation is 1. The molecule has 1 atom stereocenters. The molecule has 0 radical (unpaired) electrons. The number of nitrogens with one attached hydrogen (secondary N) is 2. The Bertz CT molecular complexity index is 450. The highest BCUT2D eigenvalue weighted by molar-refractivity contribution is 5.85. The van der Waals surface area contributed by atoms with Gasteiger partial charge in [-0.15, -0.1) is 12.4 Å². The fraction of sp³-hybridized carbons (Fsp3) is 0.562. The molecule has 120 valence electrons. The van der Waals surface area contributed by atoms with Crippen molar-refractivity contribution in [3.05, 3.63) is 29.3 Å². The first kappa shape index (κ1) is 19.7. The van der Waals surface area contributed by atoms with Gasteiger partial charge < -0.3 is 15.4 Å². The molecule has 0 aromatic heterocycles. The van der Waals surface area contributed by atoms with Gasteiger partial charge in [-0.05, 0) is 50.1 Å². The van der Waals surface area contributed by atoms with Gasteiger partial charge in [0.15, 0.2) is 6.10 Å². The molecule has 0 spiro atoms. The first-order chi connectivity index (χ1) is 9.45. The van der Waals surface area contributed by atoms with Crippen LogP contribution in [0.2, 0.25) is 0 Å². The summed E-state index contributed by atoms with van der Waals surface area (Å²) >= 11 is 0. The van der Waals surface area contributed by atoms with Gasteiger partial charge in [-0.25, -0.2) is 0 Å². The van der Waals surface area contributed by atoms with Crippen molar-refractivity contribution in [2.45, 2.75) is 39.7 Å². The highest BCUT2D eigenvalue weighted by Gasteiger charge is 2.14. The van der Waals surface area contributed by atoms with Crippen molar-refractivity contribution < 1.29 is 9.53 Å². The summed E-state index contributed by atoms with van der Waals surface area (Å²) in [6.45, 7) is 9.52. The van der Waals surface area contributed by atoms with Crippen molar-refractivity contribution in [3.63, 3.8) is 0 Å². The Morgan fingerprint density at radius 3 is 2.43 bits per heavy atom. The summed E-state index contributed by atoms with van der Waals surface area (Å²) in [4.78, 5) is 11.8. The van der Waals surface area contributed by atoms with Crippen LogP contribution in [-0.2, 0) is 4.79 Å². The molecule has 1 rings (SSSR count). The lowest BCUT2D eigenvalue weighted by Crippen LogP contribution is -2.39. The van der Waals surface area contributed by atoms with Gasteiger partial charge in [-0.3, -0.25) is 4.79 Å². The molecule has 5 heteroatoms. The van der Waals surface area contributed by atoms with E-state index >= 15 is 0 Å². The van der Waals surface area contributed by atoms with Gasteiger partial charge in [0.05, 0.1) is 0 Å². The van der Waals surface area contributed by atoms with Crippen LogP contribution in [0, 0.1) is 6.92 Å². The molecule has 1 amide bonds. The third-order valence-corrected chi connectivity index (χ3v) is 3.22. The summed E-state index contributed by atoms with van der Waals surface area (Å²) in [5, 5.41) is 5.80. The molecular formula is C16H27ClN2O2. The van der Waals surface area contributed by atoms with E-state index in [1.807, 2.05) is 19.2 Å². The molecule has 1 unspecified atom stereocenters. The highest BCUT2D eigenvalue weighted by Crippen LogP contribution is 2.24. The minimum absolute atomic E-state index is 0. The van der Waals surface area contributed by atoms with Crippen LogP contribution in [0.5, 0.6) is 5.75 Å². The number of halogens is 1. The summed E-state index contributed by atoms with van der Waals surface area (Å²) in [5.74, 6) is 1.14. The summed E-state index contributed by atoms with van der Waals surface area (Å²) in [7, 11) is 1.85. The van der Waals surface area contributed by atoms with Gasteiger partial charge in [0.25, 0.3) is 5.91 Å².